The van der Waals surface area contributed by atoms with Crippen LogP contribution in [0.1, 0.15) is 62.9 Å². The molecule has 0 saturated heterocycles. The summed E-state index contributed by atoms with van der Waals surface area (Å²) < 4.78 is 11.6. The molecule has 0 bridgehead atoms. The number of benzene rings is 2. The first-order valence-electron chi connectivity index (χ1n) is 10.9. The molecule has 2 rings (SSSR count). The minimum Gasteiger partial charge on any atom is -0.494 e. The van der Waals surface area contributed by atoms with Crippen LogP contribution in [-0.2, 0) is 0 Å². The summed E-state index contributed by atoms with van der Waals surface area (Å²) in [7, 11) is 0. The van der Waals surface area contributed by atoms with Crippen molar-refractivity contribution in [3.8, 4) is 11.5 Å². The fourth-order valence-corrected chi connectivity index (χ4v) is 3.43. The van der Waals surface area contributed by atoms with E-state index in [1.807, 2.05) is 81.1 Å². The summed E-state index contributed by atoms with van der Waals surface area (Å²) in [6.45, 7) is 9.42. The number of carbonyl (C=O) groups excluding carboxylic acids is 1. The summed E-state index contributed by atoms with van der Waals surface area (Å²) in [4.78, 5) is 14.7. The molecular formula is C25H35N3O3. The molecule has 0 spiro atoms. The Labute approximate surface area is 186 Å². The molecule has 0 atom stereocenters. The van der Waals surface area contributed by atoms with E-state index in [0.29, 0.717) is 18.8 Å². The Kier molecular flexibility index (Phi) is 9.88. The van der Waals surface area contributed by atoms with E-state index in [2.05, 4.69) is 5.10 Å². The number of hydrogen-bond donors (Lipinski definition) is 1. The molecule has 0 fully saturated rings. The summed E-state index contributed by atoms with van der Waals surface area (Å²) >= 11 is 0. The van der Waals surface area contributed by atoms with Crippen molar-refractivity contribution in [3.63, 3.8) is 0 Å². The summed E-state index contributed by atoms with van der Waals surface area (Å²) in [6.07, 6.45) is 4.48. The van der Waals surface area contributed by atoms with Crippen LogP contribution >= 0.6 is 0 Å². The van der Waals surface area contributed by atoms with Crippen molar-refractivity contribution < 1.29 is 14.3 Å². The predicted octanol–water partition coefficient (Wildman–Crippen LogP) is 4.87. The second-order valence-corrected chi connectivity index (χ2v) is 8.03. The normalized spacial score (nSPS) is 11.3. The largest absolute Gasteiger partial charge is 0.494 e. The zero-order chi connectivity index (χ0) is 22.6. The third-order valence-corrected chi connectivity index (χ3v) is 4.86. The van der Waals surface area contributed by atoms with Crippen LogP contribution in [0.4, 0.5) is 0 Å². The van der Waals surface area contributed by atoms with Crippen LogP contribution in [0.2, 0.25) is 0 Å². The average molecular weight is 426 g/mol. The SMILES string of the molecule is CC(C)N(C(=O)c1cccc(OCCCCCOc2ccc(C=NN)cc2)c1)C(C)C. The molecule has 0 aliphatic heterocycles. The zero-order valence-corrected chi connectivity index (χ0v) is 19.1. The monoisotopic (exact) mass is 425 g/mol. The zero-order valence-electron chi connectivity index (χ0n) is 19.1. The van der Waals surface area contributed by atoms with E-state index in [1.165, 1.54) is 0 Å². The third kappa shape index (κ3) is 7.96. The number of nitrogens with zero attached hydrogens (tertiary/aromatic N) is 2. The smallest absolute Gasteiger partial charge is 0.254 e. The van der Waals surface area contributed by atoms with Crippen LogP contribution < -0.4 is 15.3 Å². The first kappa shape index (κ1) is 24.3. The minimum absolute atomic E-state index is 0.0379. The first-order valence-corrected chi connectivity index (χ1v) is 10.9. The van der Waals surface area contributed by atoms with Crippen LogP contribution in [-0.4, -0.2) is 42.3 Å². The van der Waals surface area contributed by atoms with Crippen molar-refractivity contribution in [1.29, 1.82) is 0 Å². The number of carbonyl (C=O) groups is 1. The molecule has 0 radical (unpaired) electrons. The summed E-state index contributed by atoms with van der Waals surface area (Å²) in [5.74, 6) is 6.75. The Morgan fingerprint density at radius 1 is 0.935 bits per heavy atom. The van der Waals surface area contributed by atoms with Crippen LogP contribution in [0, 0.1) is 0 Å². The lowest BCUT2D eigenvalue weighted by molar-refractivity contribution is 0.0643. The fourth-order valence-electron chi connectivity index (χ4n) is 3.43. The molecular weight excluding hydrogens is 390 g/mol. The van der Waals surface area contributed by atoms with Crippen LogP contribution in [0.3, 0.4) is 0 Å². The van der Waals surface area contributed by atoms with Crippen molar-refractivity contribution in [1.82, 2.24) is 4.90 Å². The molecule has 2 aromatic carbocycles. The molecule has 31 heavy (non-hydrogen) atoms. The Bertz CT molecular complexity index is 824. The summed E-state index contributed by atoms with van der Waals surface area (Å²) in [5.41, 5.74) is 1.61. The number of hydrazone groups is 1. The Morgan fingerprint density at radius 3 is 2.13 bits per heavy atom. The van der Waals surface area contributed by atoms with Gasteiger partial charge in [0.1, 0.15) is 11.5 Å². The van der Waals surface area contributed by atoms with Gasteiger partial charge < -0.3 is 20.2 Å². The van der Waals surface area contributed by atoms with Gasteiger partial charge in [-0.3, -0.25) is 4.79 Å². The standard InChI is InChI=1S/C25H35N3O3/c1-19(2)28(20(3)4)25(29)22-9-8-10-24(17-22)31-16-7-5-6-15-30-23-13-11-21(12-14-23)18-27-26/h8-14,17-20H,5-7,15-16,26H2,1-4H3. The number of rotatable bonds is 12. The van der Waals surface area contributed by atoms with Gasteiger partial charge in [0.05, 0.1) is 19.4 Å². The fraction of sp³-hybridized carbons (Fsp3) is 0.440. The highest BCUT2D eigenvalue weighted by molar-refractivity contribution is 5.95. The topological polar surface area (TPSA) is 77.2 Å². The Balaban J connectivity index is 1.70. The van der Waals surface area contributed by atoms with Crippen LogP contribution in [0.25, 0.3) is 0 Å². The highest BCUT2D eigenvalue weighted by Gasteiger charge is 2.21. The second kappa shape index (κ2) is 12.6. The van der Waals surface area contributed by atoms with Crippen molar-refractivity contribution in [2.75, 3.05) is 13.2 Å². The van der Waals surface area contributed by atoms with Gasteiger partial charge in [-0.25, -0.2) is 0 Å². The van der Waals surface area contributed by atoms with E-state index in [-0.39, 0.29) is 18.0 Å². The van der Waals surface area contributed by atoms with Gasteiger partial charge in [-0.2, -0.15) is 5.10 Å². The van der Waals surface area contributed by atoms with E-state index in [0.717, 1.165) is 36.3 Å². The van der Waals surface area contributed by atoms with E-state index < -0.39 is 0 Å². The molecule has 0 saturated carbocycles. The Morgan fingerprint density at radius 2 is 1.55 bits per heavy atom. The van der Waals surface area contributed by atoms with Gasteiger partial charge in [0.15, 0.2) is 0 Å². The van der Waals surface area contributed by atoms with E-state index in [1.54, 1.807) is 6.21 Å². The van der Waals surface area contributed by atoms with Crippen molar-refractivity contribution in [3.05, 3.63) is 59.7 Å². The van der Waals surface area contributed by atoms with Gasteiger partial charge in [-0.05, 0) is 95.0 Å². The van der Waals surface area contributed by atoms with Gasteiger partial charge in [0.25, 0.3) is 5.91 Å². The van der Waals surface area contributed by atoms with Crippen molar-refractivity contribution in [2.24, 2.45) is 10.9 Å². The third-order valence-electron chi connectivity index (χ3n) is 4.86. The molecule has 0 unspecified atom stereocenters. The summed E-state index contributed by atoms with van der Waals surface area (Å²) in [6, 6.07) is 15.4. The first-order chi connectivity index (χ1) is 14.9. The molecule has 0 aliphatic rings. The van der Waals surface area contributed by atoms with Gasteiger partial charge in [-0.1, -0.05) is 6.07 Å². The molecule has 0 heterocycles. The molecule has 2 aromatic rings. The van der Waals surface area contributed by atoms with E-state index in [9.17, 15) is 4.79 Å². The number of hydrogen-bond acceptors (Lipinski definition) is 5. The molecule has 6 heteroatoms. The number of unbranched alkanes of at least 4 members (excludes halogenated alkanes) is 2. The maximum Gasteiger partial charge on any atom is 0.254 e. The van der Waals surface area contributed by atoms with Crippen LogP contribution in [0.5, 0.6) is 11.5 Å². The lowest BCUT2D eigenvalue weighted by Gasteiger charge is -2.31. The lowest BCUT2D eigenvalue weighted by Crippen LogP contribution is -2.42. The Hall–Kier alpha value is -3.02. The molecule has 168 valence electrons. The molecule has 2 N–H and O–H groups in total. The second-order valence-electron chi connectivity index (χ2n) is 8.03. The van der Waals surface area contributed by atoms with Gasteiger partial charge in [-0.15, -0.1) is 0 Å². The molecule has 0 aliphatic carbocycles. The quantitative estimate of drug-likeness (QED) is 0.228. The van der Waals surface area contributed by atoms with Gasteiger partial charge in [0, 0.05) is 17.6 Å². The molecule has 6 nitrogen and oxygen atoms in total. The highest BCUT2D eigenvalue weighted by Crippen LogP contribution is 2.18. The average Bonchev–Trinajstić information content (AvgIpc) is 2.74. The van der Waals surface area contributed by atoms with E-state index in [4.69, 9.17) is 15.3 Å². The van der Waals surface area contributed by atoms with Crippen LogP contribution in [0.15, 0.2) is 53.6 Å². The maximum atomic E-state index is 12.8. The predicted molar refractivity (Wildman–Crippen MR) is 126 cm³/mol. The van der Waals surface area contributed by atoms with Gasteiger partial charge in [0.2, 0.25) is 0 Å². The molecule has 1 amide bonds. The lowest BCUT2D eigenvalue weighted by atomic mass is 10.1. The summed E-state index contributed by atoms with van der Waals surface area (Å²) in [5, 5.41) is 3.50. The number of ether oxygens (including phenoxy) is 2. The van der Waals surface area contributed by atoms with Gasteiger partial charge >= 0.3 is 0 Å². The minimum atomic E-state index is 0.0379. The van der Waals surface area contributed by atoms with Crippen molar-refractivity contribution in [2.45, 2.75) is 59.0 Å². The van der Waals surface area contributed by atoms with Crippen molar-refractivity contribution >= 4 is 12.1 Å². The number of nitrogens with two attached hydrogens (primary N) is 1. The molecule has 0 aromatic heterocycles. The maximum absolute atomic E-state index is 12.8. The highest BCUT2D eigenvalue weighted by atomic mass is 16.5. The number of amides is 1. The van der Waals surface area contributed by atoms with E-state index >= 15 is 0 Å².